The topological polar surface area (TPSA) is 66.2 Å². The molecule has 0 N–H and O–H groups in total. The van der Waals surface area contributed by atoms with Crippen LogP contribution in [0.1, 0.15) is 26.3 Å². The Morgan fingerprint density at radius 1 is 0.875 bits per heavy atom. The highest BCUT2D eigenvalue weighted by atomic mass is 16.6. The average molecular weight is 330 g/mol. The number of hydrogen-bond acceptors (Lipinski definition) is 3. The summed E-state index contributed by atoms with van der Waals surface area (Å²) in [5.41, 5.74) is 1.40. The fourth-order valence-corrected chi connectivity index (χ4v) is 2.54. The Morgan fingerprint density at radius 2 is 1.38 bits per heavy atom. The number of nitro groups is 1. The zero-order chi connectivity index (χ0) is 18.0. The molecule has 2 rings (SSSR count). The molecule has 0 saturated carbocycles. The van der Waals surface area contributed by atoms with Crippen molar-refractivity contribution in [3.05, 3.63) is 70.3 Å². The molecule has 2 aromatic rings. The zero-order valence-electron chi connectivity index (χ0n) is 14.6. The Balaban J connectivity index is 0.000000254. The molecule has 0 atom stereocenters. The van der Waals surface area contributed by atoms with Gasteiger partial charge in [-0.3, -0.25) is 10.1 Å². The minimum absolute atomic E-state index is 0.0559. The number of hydrogen-bond donors (Lipinski definition) is 0. The smallest absolute Gasteiger partial charge is 0.269 e. The second-order valence-electron chi connectivity index (χ2n) is 5.69. The third kappa shape index (κ3) is 6.01. The van der Waals surface area contributed by atoms with Crippen molar-refractivity contribution in [1.29, 1.82) is 0 Å². The van der Waals surface area contributed by atoms with Crippen molar-refractivity contribution in [3.63, 3.8) is 0 Å². The van der Waals surface area contributed by atoms with E-state index in [-0.39, 0.29) is 11.4 Å². The van der Waals surface area contributed by atoms with Crippen molar-refractivity contribution in [3.8, 4) is 5.75 Å². The maximum Gasteiger partial charge on any atom is 0.269 e. The van der Waals surface area contributed by atoms with Gasteiger partial charge in [-0.1, -0.05) is 42.5 Å². The van der Waals surface area contributed by atoms with Gasteiger partial charge in [0.15, 0.2) is 0 Å². The first kappa shape index (κ1) is 19.6. The van der Waals surface area contributed by atoms with Gasteiger partial charge in [0, 0.05) is 17.7 Å². The highest BCUT2D eigenvalue weighted by Crippen LogP contribution is 2.14. The first-order valence-electron chi connectivity index (χ1n) is 8.26. The van der Waals surface area contributed by atoms with Crippen molar-refractivity contribution < 1.29 is 14.5 Å². The van der Waals surface area contributed by atoms with Crippen LogP contribution in [0.4, 0.5) is 5.69 Å². The Morgan fingerprint density at radius 3 is 1.79 bits per heavy atom. The molecule has 0 radical (unpaired) electrons. The number of nitro benzene ring substituents is 1. The van der Waals surface area contributed by atoms with Gasteiger partial charge in [0.2, 0.25) is 0 Å². The average Bonchev–Trinajstić information content (AvgIpc) is 2.62. The van der Waals surface area contributed by atoms with Crippen LogP contribution in [0.3, 0.4) is 0 Å². The predicted octanol–water partition coefficient (Wildman–Crippen LogP) is 3.73. The lowest BCUT2D eigenvalue weighted by Gasteiger charge is -2.35. The number of nitrogens with zero attached hydrogens (tertiary/aromatic N) is 2. The molecule has 24 heavy (non-hydrogen) atoms. The summed E-state index contributed by atoms with van der Waals surface area (Å²) >= 11 is 0. The van der Waals surface area contributed by atoms with E-state index in [1.54, 1.807) is 0 Å². The highest BCUT2D eigenvalue weighted by molar-refractivity contribution is 5.34. The fraction of sp³-hybridized carbons (Fsp3) is 0.368. The van der Waals surface area contributed by atoms with Crippen molar-refractivity contribution in [1.82, 2.24) is 0 Å². The molecular formula is C19H26N2O3. The van der Waals surface area contributed by atoms with Crippen LogP contribution in [0.25, 0.3) is 0 Å². The number of benzene rings is 2. The van der Waals surface area contributed by atoms with Gasteiger partial charge in [-0.25, -0.2) is 0 Å². The van der Waals surface area contributed by atoms with E-state index in [4.69, 9.17) is 0 Å². The molecule has 130 valence electrons. The minimum Gasteiger partial charge on any atom is -0.872 e. The first-order valence-corrected chi connectivity index (χ1v) is 8.26. The molecule has 0 aliphatic heterocycles. The summed E-state index contributed by atoms with van der Waals surface area (Å²) in [6, 6.07) is 15.5. The van der Waals surface area contributed by atoms with Crippen LogP contribution < -0.4 is 5.11 Å². The largest absolute Gasteiger partial charge is 0.872 e. The van der Waals surface area contributed by atoms with Crippen molar-refractivity contribution in [2.45, 2.75) is 27.3 Å². The predicted molar refractivity (Wildman–Crippen MR) is 94.6 cm³/mol. The number of quaternary nitrogens is 1. The molecule has 0 unspecified atom stereocenters. The number of non-ortho nitro benzene ring substituents is 1. The van der Waals surface area contributed by atoms with Crippen LogP contribution >= 0.6 is 0 Å². The van der Waals surface area contributed by atoms with Gasteiger partial charge in [0.05, 0.1) is 24.6 Å². The normalized spacial score (nSPS) is 10.6. The Kier molecular flexibility index (Phi) is 7.92. The lowest BCUT2D eigenvalue weighted by Crippen LogP contribution is -2.46. The number of rotatable bonds is 6. The third-order valence-corrected chi connectivity index (χ3v) is 4.42. The van der Waals surface area contributed by atoms with Crippen LogP contribution in [0.5, 0.6) is 5.75 Å². The molecule has 0 aliphatic rings. The van der Waals surface area contributed by atoms with E-state index >= 15 is 0 Å². The summed E-state index contributed by atoms with van der Waals surface area (Å²) in [6.07, 6.45) is 0. The van der Waals surface area contributed by atoms with Crippen LogP contribution in [-0.4, -0.2) is 29.0 Å². The Bertz CT molecular complexity index is 600. The van der Waals surface area contributed by atoms with E-state index < -0.39 is 4.92 Å². The first-order chi connectivity index (χ1) is 11.5. The minimum atomic E-state index is -0.542. The standard InChI is InChI=1S/C13H22N.C6H5NO3/c1-4-14(5-2,6-3)12-13-10-8-7-9-11-13;8-6-3-1-5(2-4-6)7(9)10/h7-11H,4-6,12H2,1-3H3;1-4,8H/q+1;/p-1. The van der Waals surface area contributed by atoms with Crippen LogP contribution in [0, 0.1) is 10.1 Å². The Hall–Kier alpha value is -2.40. The quantitative estimate of drug-likeness (QED) is 0.460. The van der Waals surface area contributed by atoms with Crippen molar-refractivity contribution >= 4 is 5.69 Å². The van der Waals surface area contributed by atoms with E-state index in [0.29, 0.717) is 0 Å². The van der Waals surface area contributed by atoms with E-state index in [9.17, 15) is 15.2 Å². The van der Waals surface area contributed by atoms with E-state index in [0.717, 1.165) is 12.1 Å². The summed E-state index contributed by atoms with van der Waals surface area (Å²) in [5.74, 6) is -0.217. The summed E-state index contributed by atoms with van der Waals surface area (Å²) in [6.45, 7) is 11.7. The molecular weight excluding hydrogens is 304 g/mol. The molecule has 5 heteroatoms. The van der Waals surface area contributed by atoms with Crippen LogP contribution in [0.15, 0.2) is 54.6 Å². The zero-order valence-corrected chi connectivity index (χ0v) is 14.6. The Labute approximate surface area is 143 Å². The van der Waals surface area contributed by atoms with E-state index in [1.807, 2.05) is 0 Å². The van der Waals surface area contributed by atoms with Gasteiger partial charge in [-0.05, 0) is 20.8 Å². The molecule has 0 saturated heterocycles. The molecule has 5 nitrogen and oxygen atoms in total. The molecule has 0 fully saturated rings. The lowest BCUT2D eigenvalue weighted by molar-refractivity contribution is -0.936. The van der Waals surface area contributed by atoms with Gasteiger partial charge in [-0.15, -0.1) is 5.75 Å². The third-order valence-electron chi connectivity index (χ3n) is 4.42. The summed E-state index contributed by atoms with van der Waals surface area (Å²) in [4.78, 5) is 9.47. The second kappa shape index (κ2) is 9.67. The molecule has 2 aromatic carbocycles. The molecule has 0 aliphatic carbocycles. The summed E-state index contributed by atoms with van der Waals surface area (Å²) in [7, 11) is 0. The lowest BCUT2D eigenvalue weighted by atomic mass is 10.2. The molecule has 0 spiro atoms. The maximum atomic E-state index is 10.4. The van der Waals surface area contributed by atoms with Gasteiger partial charge < -0.3 is 9.59 Å². The highest BCUT2D eigenvalue weighted by Gasteiger charge is 2.20. The van der Waals surface area contributed by atoms with Crippen molar-refractivity contribution in [2.24, 2.45) is 0 Å². The molecule has 0 aromatic heterocycles. The van der Waals surface area contributed by atoms with Gasteiger partial charge in [0.25, 0.3) is 5.69 Å². The summed E-state index contributed by atoms with van der Waals surface area (Å²) < 4.78 is 1.20. The van der Waals surface area contributed by atoms with Gasteiger partial charge in [0.1, 0.15) is 6.54 Å². The fourth-order valence-electron chi connectivity index (χ4n) is 2.54. The van der Waals surface area contributed by atoms with Gasteiger partial charge >= 0.3 is 0 Å². The second-order valence-corrected chi connectivity index (χ2v) is 5.69. The molecule has 0 amide bonds. The molecule has 0 bridgehead atoms. The van der Waals surface area contributed by atoms with Crippen molar-refractivity contribution in [2.75, 3.05) is 19.6 Å². The van der Waals surface area contributed by atoms with Crippen LogP contribution in [-0.2, 0) is 6.54 Å². The summed E-state index contributed by atoms with van der Waals surface area (Å²) in [5, 5.41) is 20.4. The molecule has 0 heterocycles. The van der Waals surface area contributed by atoms with Gasteiger partial charge in [-0.2, -0.15) is 0 Å². The SMILES string of the molecule is CC[N+](CC)(CC)Cc1ccccc1.O=[N+]([O-])c1ccc([O-])cc1. The van der Waals surface area contributed by atoms with E-state index in [2.05, 4.69) is 51.1 Å². The maximum absolute atomic E-state index is 10.4. The van der Waals surface area contributed by atoms with Crippen LogP contribution in [0.2, 0.25) is 0 Å². The monoisotopic (exact) mass is 330 g/mol. The van der Waals surface area contributed by atoms with E-state index in [1.165, 1.54) is 48.4 Å².